The Bertz CT molecular complexity index is 1240. The Labute approximate surface area is 192 Å². The van der Waals surface area contributed by atoms with E-state index in [1.54, 1.807) is 42.5 Å². The van der Waals surface area contributed by atoms with Gasteiger partial charge >= 0.3 is 0 Å². The van der Waals surface area contributed by atoms with Crippen LogP contribution in [0.5, 0.6) is 0 Å². The van der Waals surface area contributed by atoms with E-state index in [9.17, 15) is 19.1 Å². The average molecular weight is 477 g/mol. The largest absolute Gasteiger partial charge is 0.507 e. The number of hydrogen-bond acceptors (Lipinski definition) is 3. The number of benzene rings is 3. The number of Topliss-reactive ketones (excluding diaryl/α,β-unsaturated/α-hetero) is 1. The number of halogens is 4. The molecule has 1 heterocycles. The molecule has 1 amide bonds. The quantitative estimate of drug-likeness (QED) is 0.270. The molecule has 0 bridgehead atoms. The molecular weight excluding hydrogens is 464 g/mol. The van der Waals surface area contributed by atoms with E-state index in [0.29, 0.717) is 15.6 Å². The Morgan fingerprint density at radius 1 is 0.903 bits per heavy atom. The first-order chi connectivity index (χ1) is 14.8. The highest BCUT2D eigenvalue weighted by Gasteiger charge is 2.47. The molecule has 0 spiro atoms. The summed E-state index contributed by atoms with van der Waals surface area (Å²) in [6.07, 6.45) is 0. The highest BCUT2D eigenvalue weighted by Crippen LogP contribution is 2.43. The van der Waals surface area contributed by atoms with Crippen LogP contribution in [0.4, 0.5) is 10.1 Å². The molecule has 1 N–H and O–H groups in total. The van der Waals surface area contributed by atoms with E-state index < -0.39 is 23.5 Å². The zero-order valence-electron chi connectivity index (χ0n) is 15.7. The van der Waals surface area contributed by atoms with Crippen LogP contribution in [-0.4, -0.2) is 16.8 Å². The number of aliphatic hydroxyl groups is 1. The first-order valence-electron chi connectivity index (χ1n) is 9.05. The fourth-order valence-corrected chi connectivity index (χ4v) is 3.98. The van der Waals surface area contributed by atoms with Crippen LogP contribution >= 0.6 is 34.8 Å². The Morgan fingerprint density at radius 3 is 2.26 bits per heavy atom. The van der Waals surface area contributed by atoms with Crippen molar-refractivity contribution in [1.82, 2.24) is 0 Å². The summed E-state index contributed by atoms with van der Waals surface area (Å²) in [6.45, 7) is 0. The lowest BCUT2D eigenvalue weighted by molar-refractivity contribution is -0.132. The Hall–Kier alpha value is -2.86. The van der Waals surface area contributed by atoms with Crippen LogP contribution < -0.4 is 4.90 Å². The van der Waals surface area contributed by atoms with Gasteiger partial charge in [-0.2, -0.15) is 0 Å². The number of rotatable bonds is 3. The van der Waals surface area contributed by atoms with Crippen molar-refractivity contribution in [1.29, 1.82) is 0 Å². The number of carbonyl (C=O) groups is 2. The van der Waals surface area contributed by atoms with Crippen LogP contribution in [0, 0.1) is 5.82 Å². The van der Waals surface area contributed by atoms with E-state index in [0.717, 1.165) is 6.07 Å². The summed E-state index contributed by atoms with van der Waals surface area (Å²) in [6, 6.07) is 15.5. The molecule has 8 heteroatoms. The molecule has 0 saturated carbocycles. The summed E-state index contributed by atoms with van der Waals surface area (Å²) >= 11 is 17.9. The number of anilines is 1. The van der Waals surface area contributed by atoms with E-state index in [-0.39, 0.29) is 27.6 Å². The van der Waals surface area contributed by atoms with Crippen molar-refractivity contribution in [2.24, 2.45) is 0 Å². The lowest BCUT2D eigenvalue weighted by Gasteiger charge is -2.25. The minimum Gasteiger partial charge on any atom is -0.507 e. The third kappa shape index (κ3) is 3.92. The molecule has 4 rings (SSSR count). The van der Waals surface area contributed by atoms with Gasteiger partial charge in [-0.3, -0.25) is 14.5 Å². The highest BCUT2D eigenvalue weighted by atomic mass is 35.5. The van der Waals surface area contributed by atoms with Crippen molar-refractivity contribution in [2.45, 2.75) is 6.04 Å². The zero-order valence-corrected chi connectivity index (χ0v) is 17.9. The third-order valence-electron chi connectivity index (χ3n) is 4.91. The molecule has 1 unspecified atom stereocenters. The molecule has 0 aromatic heterocycles. The molecule has 1 saturated heterocycles. The van der Waals surface area contributed by atoms with Gasteiger partial charge in [0.2, 0.25) is 0 Å². The van der Waals surface area contributed by atoms with E-state index in [2.05, 4.69) is 0 Å². The van der Waals surface area contributed by atoms with Crippen LogP contribution in [0.2, 0.25) is 15.1 Å². The standard InChI is InChI=1S/C23H13Cl3FNO3/c24-14-6-4-12(5-7-14)20-19(21(29)13-2-1-3-15(25)10-13)22(30)23(31)28(20)16-8-9-18(27)17(26)11-16/h1-11,20,29H/b21-19+. The van der Waals surface area contributed by atoms with Gasteiger partial charge in [0.1, 0.15) is 11.6 Å². The second-order valence-corrected chi connectivity index (χ2v) is 8.11. The average Bonchev–Trinajstić information content (AvgIpc) is 3.01. The Balaban J connectivity index is 1.96. The van der Waals surface area contributed by atoms with Crippen LogP contribution in [0.1, 0.15) is 17.2 Å². The Kier molecular flexibility index (Phi) is 5.75. The van der Waals surface area contributed by atoms with Crippen molar-refractivity contribution < 1.29 is 19.1 Å². The molecule has 1 atom stereocenters. The molecule has 0 radical (unpaired) electrons. The summed E-state index contributed by atoms with van der Waals surface area (Å²) in [5, 5.41) is 11.6. The summed E-state index contributed by atoms with van der Waals surface area (Å²) in [4.78, 5) is 27.2. The molecule has 156 valence electrons. The number of nitrogens with zero attached hydrogens (tertiary/aromatic N) is 1. The second kappa shape index (κ2) is 8.35. The topological polar surface area (TPSA) is 57.6 Å². The van der Waals surface area contributed by atoms with Crippen LogP contribution in [0.25, 0.3) is 5.76 Å². The van der Waals surface area contributed by atoms with E-state index in [4.69, 9.17) is 34.8 Å². The predicted molar refractivity (Wildman–Crippen MR) is 119 cm³/mol. The number of amides is 1. The smallest absolute Gasteiger partial charge is 0.300 e. The third-order valence-corrected chi connectivity index (χ3v) is 5.69. The number of hydrogen-bond donors (Lipinski definition) is 1. The molecular formula is C23H13Cl3FNO3. The molecule has 0 aliphatic carbocycles. The molecule has 4 nitrogen and oxygen atoms in total. The van der Waals surface area contributed by atoms with Gasteiger partial charge in [0.25, 0.3) is 11.7 Å². The van der Waals surface area contributed by atoms with E-state index in [1.165, 1.54) is 23.1 Å². The second-order valence-electron chi connectivity index (χ2n) is 6.83. The van der Waals surface area contributed by atoms with Gasteiger partial charge in [-0.25, -0.2) is 4.39 Å². The number of aliphatic hydroxyl groups excluding tert-OH is 1. The van der Waals surface area contributed by atoms with Crippen LogP contribution in [0.3, 0.4) is 0 Å². The first-order valence-corrected chi connectivity index (χ1v) is 10.2. The van der Waals surface area contributed by atoms with E-state index in [1.807, 2.05) is 0 Å². The minimum absolute atomic E-state index is 0.130. The van der Waals surface area contributed by atoms with Gasteiger partial charge in [-0.1, -0.05) is 59.1 Å². The van der Waals surface area contributed by atoms with Gasteiger partial charge in [0.15, 0.2) is 0 Å². The van der Waals surface area contributed by atoms with Crippen LogP contribution in [0.15, 0.2) is 72.3 Å². The monoisotopic (exact) mass is 475 g/mol. The summed E-state index contributed by atoms with van der Waals surface area (Å²) in [5.74, 6) is -2.82. The fourth-order valence-electron chi connectivity index (χ4n) is 3.49. The van der Waals surface area contributed by atoms with Crippen molar-refractivity contribution in [2.75, 3.05) is 4.90 Å². The summed E-state index contributed by atoms with van der Waals surface area (Å²) in [5.41, 5.74) is 0.878. The van der Waals surface area contributed by atoms with Gasteiger partial charge in [-0.05, 0) is 48.0 Å². The van der Waals surface area contributed by atoms with Crippen LogP contribution in [-0.2, 0) is 9.59 Å². The molecule has 31 heavy (non-hydrogen) atoms. The van der Waals surface area contributed by atoms with Crippen molar-refractivity contribution in [3.05, 3.63) is 104 Å². The maximum absolute atomic E-state index is 13.7. The molecule has 1 fully saturated rings. The normalized spacial score (nSPS) is 17.9. The highest BCUT2D eigenvalue weighted by molar-refractivity contribution is 6.52. The maximum Gasteiger partial charge on any atom is 0.300 e. The van der Waals surface area contributed by atoms with Gasteiger partial charge in [0, 0.05) is 21.3 Å². The Morgan fingerprint density at radius 2 is 1.61 bits per heavy atom. The van der Waals surface area contributed by atoms with Crippen molar-refractivity contribution in [3.8, 4) is 0 Å². The molecule has 3 aromatic rings. The predicted octanol–water partition coefficient (Wildman–Crippen LogP) is 6.41. The summed E-state index contributed by atoms with van der Waals surface area (Å²) in [7, 11) is 0. The SMILES string of the molecule is O=C1C(=O)N(c2ccc(F)c(Cl)c2)C(c2ccc(Cl)cc2)/C1=C(\O)c1cccc(Cl)c1. The fraction of sp³-hybridized carbons (Fsp3) is 0.0435. The van der Waals surface area contributed by atoms with Gasteiger partial charge in [0.05, 0.1) is 16.6 Å². The molecule has 1 aliphatic rings. The molecule has 3 aromatic carbocycles. The lowest BCUT2D eigenvalue weighted by Crippen LogP contribution is -2.29. The zero-order chi connectivity index (χ0) is 22.3. The van der Waals surface area contributed by atoms with Gasteiger partial charge < -0.3 is 5.11 Å². The number of ketones is 1. The maximum atomic E-state index is 13.7. The number of carbonyl (C=O) groups excluding carboxylic acids is 2. The van der Waals surface area contributed by atoms with Crippen molar-refractivity contribution >= 4 is 57.9 Å². The minimum atomic E-state index is -0.988. The van der Waals surface area contributed by atoms with Crippen molar-refractivity contribution in [3.63, 3.8) is 0 Å². The molecule has 1 aliphatic heterocycles. The van der Waals surface area contributed by atoms with Gasteiger partial charge in [-0.15, -0.1) is 0 Å². The lowest BCUT2D eigenvalue weighted by atomic mass is 9.95. The summed E-state index contributed by atoms with van der Waals surface area (Å²) < 4.78 is 13.7. The van der Waals surface area contributed by atoms with E-state index >= 15 is 0 Å². The first kappa shape index (κ1) is 21.4.